The topological polar surface area (TPSA) is 54.0 Å². The third-order valence-electron chi connectivity index (χ3n) is 12.9. The smallest absolute Gasteiger partial charge is 0.120 e. The SMILES string of the molecule is C=CC[C@H](COCCCCCCCCCCCCCCCCCC)COCc1ccccc1.CCCCCCCCCCCCCCCCCCOC[C@@H](CC=O)COCc1ccccc1. The molecule has 0 aliphatic rings. The van der Waals surface area contributed by atoms with E-state index in [0.717, 1.165) is 51.1 Å². The maximum atomic E-state index is 10.9. The molecule has 0 unspecified atom stereocenters. The van der Waals surface area contributed by atoms with Crippen LogP contribution in [0.5, 0.6) is 0 Å². The Bertz CT molecular complexity index is 1130. The maximum Gasteiger partial charge on any atom is 0.120 e. The van der Waals surface area contributed by atoms with E-state index in [9.17, 15) is 4.79 Å². The first kappa shape index (κ1) is 61.7. The molecule has 2 rings (SSSR count). The highest BCUT2D eigenvalue weighted by atomic mass is 16.5. The van der Waals surface area contributed by atoms with Crippen LogP contribution < -0.4 is 0 Å². The number of rotatable bonds is 50. The van der Waals surface area contributed by atoms with Gasteiger partial charge in [-0.25, -0.2) is 0 Å². The van der Waals surface area contributed by atoms with Crippen molar-refractivity contribution in [3.05, 3.63) is 84.4 Å². The molecule has 0 saturated carbocycles. The molecule has 0 fully saturated rings. The second kappa shape index (κ2) is 52.1. The van der Waals surface area contributed by atoms with Crippen molar-refractivity contribution in [3.63, 3.8) is 0 Å². The van der Waals surface area contributed by atoms with Crippen LogP contribution in [0.3, 0.4) is 0 Å². The number of hydrogen-bond acceptors (Lipinski definition) is 5. The molecule has 0 N–H and O–H groups in total. The molecule has 0 aliphatic carbocycles. The van der Waals surface area contributed by atoms with Gasteiger partial charge in [-0.3, -0.25) is 0 Å². The summed E-state index contributed by atoms with van der Waals surface area (Å²) in [5.41, 5.74) is 2.39. The van der Waals surface area contributed by atoms with Crippen LogP contribution in [-0.2, 0) is 37.0 Å². The fraction of sp³-hybridized carbons (Fsp3) is 0.754. The molecule has 2 aromatic carbocycles. The van der Waals surface area contributed by atoms with Crippen molar-refractivity contribution in [1.82, 2.24) is 0 Å². The van der Waals surface area contributed by atoms with Crippen LogP contribution in [0, 0.1) is 11.8 Å². The monoisotopic (exact) mass is 919 g/mol. The first-order valence-corrected chi connectivity index (χ1v) is 28.2. The van der Waals surface area contributed by atoms with Gasteiger partial charge in [-0.1, -0.05) is 273 Å². The number of carbonyl (C=O) groups excluding carboxylic acids is 1. The van der Waals surface area contributed by atoms with E-state index < -0.39 is 0 Å². The molecular weight excluding hydrogens is 813 g/mol. The third kappa shape index (κ3) is 44.2. The summed E-state index contributed by atoms with van der Waals surface area (Å²) >= 11 is 0. The minimum absolute atomic E-state index is 0.160. The Balaban J connectivity index is 0.000000660. The number of benzene rings is 2. The lowest BCUT2D eigenvalue weighted by Crippen LogP contribution is -2.17. The molecule has 0 aromatic heterocycles. The first-order valence-electron chi connectivity index (χ1n) is 28.2. The zero-order valence-corrected chi connectivity index (χ0v) is 43.5. The number of ether oxygens (including phenoxy) is 4. The summed E-state index contributed by atoms with van der Waals surface area (Å²) in [7, 11) is 0. The molecule has 66 heavy (non-hydrogen) atoms. The fourth-order valence-corrected chi connectivity index (χ4v) is 8.58. The standard InChI is InChI=1S/C31H54O2.C30H52O3/c1-3-5-6-7-8-9-10-11-12-13-14-15-16-17-18-22-26-32-28-31(23-4-2)29-33-27-30-24-20-19-21-25-30;1-2-3-4-5-6-7-8-9-10-11-12-13-14-15-16-20-25-32-27-30(23-24-31)28-33-26-29-21-18-17-19-22-29/h4,19-21,24-25,31H,2-3,5-18,22-23,26-29H2,1H3;17-19,21-22,24,30H,2-16,20,23,25-28H2,1H3/t31-;30-/m11/s1. The highest BCUT2D eigenvalue weighted by molar-refractivity contribution is 5.49. The summed E-state index contributed by atoms with van der Waals surface area (Å²) in [4.78, 5) is 10.9. The van der Waals surface area contributed by atoms with E-state index in [-0.39, 0.29) is 5.92 Å². The van der Waals surface area contributed by atoms with Crippen molar-refractivity contribution in [1.29, 1.82) is 0 Å². The van der Waals surface area contributed by atoms with Gasteiger partial charge < -0.3 is 23.7 Å². The van der Waals surface area contributed by atoms with Gasteiger partial charge >= 0.3 is 0 Å². The summed E-state index contributed by atoms with van der Waals surface area (Å²) in [6.07, 6.45) is 49.0. The first-order chi connectivity index (χ1) is 32.7. The number of aldehydes is 1. The van der Waals surface area contributed by atoms with Crippen molar-refractivity contribution in [3.8, 4) is 0 Å². The summed E-state index contributed by atoms with van der Waals surface area (Å²) in [5, 5.41) is 0. The van der Waals surface area contributed by atoms with Crippen LogP contribution in [0.1, 0.15) is 243 Å². The van der Waals surface area contributed by atoms with Crippen molar-refractivity contribution >= 4 is 6.29 Å². The van der Waals surface area contributed by atoms with Gasteiger partial charge in [-0.05, 0) is 30.4 Å². The second-order valence-electron chi connectivity index (χ2n) is 19.4. The largest absolute Gasteiger partial charge is 0.381 e. The summed E-state index contributed by atoms with van der Waals surface area (Å²) in [6.45, 7) is 14.1. The molecule has 5 nitrogen and oxygen atoms in total. The zero-order valence-electron chi connectivity index (χ0n) is 43.5. The minimum Gasteiger partial charge on any atom is -0.381 e. The lowest BCUT2D eigenvalue weighted by atomic mass is 10.0. The van der Waals surface area contributed by atoms with Gasteiger partial charge in [0.05, 0.1) is 39.6 Å². The van der Waals surface area contributed by atoms with Crippen molar-refractivity contribution in [2.24, 2.45) is 11.8 Å². The Morgan fingerprint density at radius 2 is 0.652 bits per heavy atom. The van der Waals surface area contributed by atoms with E-state index in [1.165, 1.54) is 205 Å². The Morgan fingerprint density at radius 3 is 0.939 bits per heavy atom. The number of hydrogen-bond donors (Lipinski definition) is 0. The molecule has 0 amide bonds. The van der Waals surface area contributed by atoms with E-state index in [2.05, 4.69) is 56.8 Å². The van der Waals surface area contributed by atoms with Gasteiger partial charge in [-0.2, -0.15) is 0 Å². The molecule has 0 heterocycles. The van der Waals surface area contributed by atoms with Gasteiger partial charge in [0.1, 0.15) is 6.29 Å². The predicted octanol–water partition coefficient (Wildman–Crippen LogP) is 18.4. The summed E-state index contributed by atoms with van der Waals surface area (Å²) in [6, 6.07) is 20.5. The molecule has 2 aromatic rings. The van der Waals surface area contributed by atoms with E-state index in [0.29, 0.717) is 38.8 Å². The quantitative estimate of drug-likeness (QED) is 0.0376. The predicted molar refractivity (Wildman–Crippen MR) is 285 cm³/mol. The number of unbranched alkanes of at least 4 members (excludes halogenated alkanes) is 30. The normalized spacial score (nSPS) is 12.2. The van der Waals surface area contributed by atoms with Gasteiger partial charge in [0.15, 0.2) is 0 Å². The molecule has 380 valence electrons. The molecule has 0 radical (unpaired) electrons. The van der Waals surface area contributed by atoms with E-state index in [1.807, 2.05) is 30.3 Å². The molecule has 0 spiro atoms. The Hall–Kier alpha value is -2.31. The van der Waals surface area contributed by atoms with Gasteiger partial charge in [-0.15, -0.1) is 6.58 Å². The molecule has 5 heteroatoms. The minimum atomic E-state index is 0.160. The van der Waals surface area contributed by atoms with Crippen LogP contribution in [0.2, 0.25) is 0 Å². The third-order valence-corrected chi connectivity index (χ3v) is 12.9. The lowest BCUT2D eigenvalue weighted by molar-refractivity contribution is -0.109. The lowest BCUT2D eigenvalue weighted by Gasteiger charge is -2.16. The van der Waals surface area contributed by atoms with Gasteiger partial charge in [0, 0.05) is 31.5 Å². The Morgan fingerprint density at radius 1 is 0.379 bits per heavy atom. The van der Waals surface area contributed by atoms with Crippen LogP contribution in [0.15, 0.2) is 73.3 Å². The molecular formula is C61H106O5. The highest BCUT2D eigenvalue weighted by Crippen LogP contribution is 2.16. The summed E-state index contributed by atoms with van der Waals surface area (Å²) < 4.78 is 23.5. The van der Waals surface area contributed by atoms with Crippen molar-refractivity contribution < 1.29 is 23.7 Å². The molecule has 2 atom stereocenters. The van der Waals surface area contributed by atoms with E-state index in [1.54, 1.807) is 0 Å². The van der Waals surface area contributed by atoms with Crippen LogP contribution in [0.25, 0.3) is 0 Å². The zero-order chi connectivity index (χ0) is 47.3. The van der Waals surface area contributed by atoms with Gasteiger partial charge in [0.2, 0.25) is 0 Å². The van der Waals surface area contributed by atoms with Crippen molar-refractivity contribution in [2.75, 3.05) is 39.6 Å². The number of carbonyl (C=O) groups is 1. The van der Waals surface area contributed by atoms with Gasteiger partial charge in [0.25, 0.3) is 0 Å². The molecule has 0 aliphatic heterocycles. The second-order valence-corrected chi connectivity index (χ2v) is 19.4. The Kier molecular flexibility index (Phi) is 48.7. The average molecular weight is 920 g/mol. The number of allylic oxidation sites excluding steroid dienone is 1. The molecule has 0 saturated heterocycles. The fourth-order valence-electron chi connectivity index (χ4n) is 8.58. The average Bonchev–Trinajstić information content (AvgIpc) is 3.34. The van der Waals surface area contributed by atoms with Crippen LogP contribution in [-0.4, -0.2) is 45.9 Å². The van der Waals surface area contributed by atoms with Crippen molar-refractivity contribution in [2.45, 2.75) is 245 Å². The maximum absolute atomic E-state index is 10.9. The Labute approximate surface area is 409 Å². The van der Waals surface area contributed by atoms with E-state index >= 15 is 0 Å². The van der Waals surface area contributed by atoms with E-state index in [4.69, 9.17) is 18.9 Å². The highest BCUT2D eigenvalue weighted by Gasteiger charge is 2.10. The van der Waals surface area contributed by atoms with Crippen LogP contribution >= 0.6 is 0 Å². The molecule has 0 bridgehead atoms. The van der Waals surface area contributed by atoms with Crippen LogP contribution in [0.4, 0.5) is 0 Å². The summed E-state index contributed by atoms with van der Waals surface area (Å²) in [5.74, 6) is 0.569.